The van der Waals surface area contributed by atoms with Crippen molar-refractivity contribution in [3.8, 4) is 11.5 Å². The average Bonchev–Trinajstić information content (AvgIpc) is 3.13. The Balaban J connectivity index is 1.58. The van der Waals surface area contributed by atoms with E-state index in [0.717, 1.165) is 11.1 Å². The summed E-state index contributed by atoms with van der Waals surface area (Å²) < 4.78 is 15.4. The van der Waals surface area contributed by atoms with Crippen molar-refractivity contribution in [1.29, 1.82) is 0 Å². The fourth-order valence-corrected chi connectivity index (χ4v) is 3.16. The lowest BCUT2D eigenvalue weighted by molar-refractivity contribution is 0.0598. The van der Waals surface area contributed by atoms with E-state index in [0.29, 0.717) is 42.1 Å². The Morgan fingerprint density at radius 1 is 1.20 bits per heavy atom. The van der Waals surface area contributed by atoms with Gasteiger partial charge in [0.15, 0.2) is 11.5 Å². The Morgan fingerprint density at radius 2 is 2.04 bits per heavy atom. The normalized spacial score (nSPS) is 14.8. The molecular formula is C18H16N2O5. The number of esters is 1. The number of hydrogen-bond donors (Lipinski definition) is 0. The van der Waals surface area contributed by atoms with Gasteiger partial charge in [-0.1, -0.05) is 0 Å². The quantitative estimate of drug-likeness (QED) is 0.776. The summed E-state index contributed by atoms with van der Waals surface area (Å²) in [6.45, 7) is 1.10. The first kappa shape index (κ1) is 15.4. The van der Waals surface area contributed by atoms with Crippen molar-refractivity contribution < 1.29 is 23.8 Å². The summed E-state index contributed by atoms with van der Waals surface area (Å²) in [4.78, 5) is 30.5. The standard InChI is InChI=1S/C18H16N2O5/c1-23-18(22)14-8-19-7-12-9-20(5-4-13(12)14)17(21)11-2-3-15-16(6-11)25-10-24-15/h2-3,6-8H,4-5,9-10H2,1H3. The third-order valence-electron chi connectivity index (χ3n) is 4.45. The maximum absolute atomic E-state index is 12.8. The predicted octanol–water partition coefficient (Wildman–Crippen LogP) is 1.80. The van der Waals surface area contributed by atoms with Gasteiger partial charge in [0.2, 0.25) is 6.79 Å². The molecule has 7 nitrogen and oxygen atoms in total. The van der Waals surface area contributed by atoms with E-state index in [2.05, 4.69) is 4.98 Å². The van der Waals surface area contributed by atoms with E-state index in [9.17, 15) is 9.59 Å². The molecule has 1 aromatic heterocycles. The summed E-state index contributed by atoms with van der Waals surface area (Å²) in [5.41, 5.74) is 2.78. The van der Waals surface area contributed by atoms with Crippen LogP contribution >= 0.6 is 0 Å². The van der Waals surface area contributed by atoms with Crippen LogP contribution in [0.15, 0.2) is 30.6 Å². The second-order valence-electron chi connectivity index (χ2n) is 5.86. The number of rotatable bonds is 2. The average molecular weight is 340 g/mol. The van der Waals surface area contributed by atoms with Gasteiger partial charge in [-0.15, -0.1) is 0 Å². The van der Waals surface area contributed by atoms with E-state index in [4.69, 9.17) is 14.2 Å². The molecule has 1 amide bonds. The van der Waals surface area contributed by atoms with Gasteiger partial charge in [-0.2, -0.15) is 0 Å². The highest BCUT2D eigenvalue weighted by Crippen LogP contribution is 2.33. The zero-order valence-electron chi connectivity index (χ0n) is 13.7. The van der Waals surface area contributed by atoms with Gasteiger partial charge in [-0.3, -0.25) is 9.78 Å². The van der Waals surface area contributed by atoms with Gasteiger partial charge < -0.3 is 19.1 Å². The zero-order chi connectivity index (χ0) is 17.4. The van der Waals surface area contributed by atoms with Crippen LogP contribution < -0.4 is 9.47 Å². The molecule has 0 N–H and O–H groups in total. The van der Waals surface area contributed by atoms with Gasteiger partial charge in [0.05, 0.1) is 12.7 Å². The Morgan fingerprint density at radius 3 is 2.88 bits per heavy atom. The first-order chi connectivity index (χ1) is 12.2. The molecule has 0 atom stereocenters. The number of hydrogen-bond acceptors (Lipinski definition) is 6. The third-order valence-corrected chi connectivity index (χ3v) is 4.45. The van der Waals surface area contributed by atoms with Crippen molar-refractivity contribution >= 4 is 11.9 Å². The molecule has 0 radical (unpaired) electrons. The van der Waals surface area contributed by atoms with Crippen LogP contribution in [0.1, 0.15) is 31.8 Å². The van der Waals surface area contributed by atoms with Crippen LogP contribution in [0.5, 0.6) is 11.5 Å². The van der Waals surface area contributed by atoms with Gasteiger partial charge in [0.25, 0.3) is 5.91 Å². The second kappa shape index (κ2) is 6.08. The zero-order valence-corrected chi connectivity index (χ0v) is 13.7. The largest absolute Gasteiger partial charge is 0.465 e. The Hall–Kier alpha value is -3.09. The fraction of sp³-hybridized carbons (Fsp3) is 0.278. The Kier molecular flexibility index (Phi) is 3.76. The minimum Gasteiger partial charge on any atom is -0.465 e. The van der Waals surface area contributed by atoms with Crippen LogP contribution in [-0.4, -0.2) is 42.2 Å². The third kappa shape index (κ3) is 2.67. The summed E-state index contributed by atoms with van der Waals surface area (Å²) in [7, 11) is 1.35. The number of pyridine rings is 1. The number of fused-ring (bicyclic) bond motifs is 2. The highest BCUT2D eigenvalue weighted by atomic mass is 16.7. The molecule has 2 aromatic rings. The molecule has 0 unspecified atom stereocenters. The van der Waals surface area contributed by atoms with Gasteiger partial charge in [-0.25, -0.2) is 4.79 Å². The lowest BCUT2D eigenvalue weighted by Crippen LogP contribution is -2.36. The highest BCUT2D eigenvalue weighted by Gasteiger charge is 2.27. The maximum Gasteiger partial charge on any atom is 0.339 e. The number of benzene rings is 1. The van der Waals surface area contributed by atoms with Crippen LogP contribution in [0, 0.1) is 0 Å². The first-order valence-electron chi connectivity index (χ1n) is 7.90. The van der Waals surface area contributed by atoms with Crippen LogP contribution in [0.2, 0.25) is 0 Å². The second-order valence-corrected chi connectivity index (χ2v) is 5.86. The van der Waals surface area contributed by atoms with Crippen molar-refractivity contribution in [3.63, 3.8) is 0 Å². The molecule has 0 saturated heterocycles. The van der Waals surface area contributed by atoms with Crippen molar-refractivity contribution in [2.45, 2.75) is 13.0 Å². The lowest BCUT2D eigenvalue weighted by atomic mass is 9.96. The number of carbonyl (C=O) groups is 2. The highest BCUT2D eigenvalue weighted by molar-refractivity contribution is 5.95. The lowest BCUT2D eigenvalue weighted by Gasteiger charge is -2.29. The smallest absolute Gasteiger partial charge is 0.339 e. The van der Waals surface area contributed by atoms with Gasteiger partial charge >= 0.3 is 5.97 Å². The summed E-state index contributed by atoms with van der Waals surface area (Å²) in [5, 5.41) is 0. The topological polar surface area (TPSA) is 78.0 Å². The van der Waals surface area contributed by atoms with Crippen molar-refractivity contribution in [1.82, 2.24) is 9.88 Å². The number of nitrogens with zero attached hydrogens (tertiary/aromatic N) is 2. The molecule has 0 bridgehead atoms. The van der Waals surface area contributed by atoms with Gasteiger partial charge in [0, 0.05) is 31.0 Å². The minimum atomic E-state index is -0.403. The molecule has 0 fully saturated rings. The Bertz CT molecular complexity index is 865. The maximum atomic E-state index is 12.8. The molecule has 3 heterocycles. The van der Waals surface area contributed by atoms with E-state index >= 15 is 0 Å². The predicted molar refractivity (Wildman–Crippen MR) is 86.6 cm³/mol. The molecular weight excluding hydrogens is 324 g/mol. The van der Waals surface area contributed by atoms with Crippen LogP contribution in [0.3, 0.4) is 0 Å². The molecule has 2 aliphatic rings. The first-order valence-corrected chi connectivity index (χ1v) is 7.90. The Labute approximate surface area is 144 Å². The molecule has 128 valence electrons. The molecule has 7 heteroatoms. The van der Waals surface area contributed by atoms with Crippen molar-refractivity contribution in [2.24, 2.45) is 0 Å². The monoisotopic (exact) mass is 340 g/mol. The molecule has 4 rings (SSSR count). The van der Waals surface area contributed by atoms with Crippen molar-refractivity contribution in [2.75, 3.05) is 20.4 Å². The fourth-order valence-electron chi connectivity index (χ4n) is 3.16. The summed E-state index contributed by atoms with van der Waals surface area (Å²) in [5.74, 6) is 0.734. The summed E-state index contributed by atoms with van der Waals surface area (Å²) in [6, 6.07) is 5.17. The van der Waals surface area contributed by atoms with E-state index in [1.54, 1.807) is 29.3 Å². The molecule has 0 aliphatic carbocycles. The van der Waals surface area contributed by atoms with Crippen molar-refractivity contribution in [3.05, 3.63) is 52.8 Å². The van der Waals surface area contributed by atoms with Crippen LogP contribution in [-0.2, 0) is 17.7 Å². The number of amides is 1. The number of ether oxygens (including phenoxy) is 3. The number of methoxy groups -OCH3 is 1. The molecule has 0 saturated carbocycles. The molecule has 1 aromatic carbocycles. The minimum absolute atomic E-state index is 0.0904. The van der Waals surface area contributed by atoms with Crippen LogP contribution in [0.4, 0.5) is 0 Å². The number of carbonyl (C=O) groups excluding carboxylic acids is 2. The molecule has 0 spiro atoms. The van der Waals surface area contributed by atoms with E-state index in [1.807, 2.05) is 0 Å². The summed E-state index contributed by atoms with van der Waals surface area (Å²) in [6.07, 6.45) is 3.79. The number of aromatic nitrogens is 1. The van der Waals surface area contributed by atoms with Crippen LogP contribution in [0.25, 0.3) is 0 Å². The molecule has 25 heavy (non-hydrogen) atoms. The molecule has 2 aliphatic heterocycles. The van der Waals surface area contributed by atoms with E-state index < -0.39 is 5.97 Å². The van der Waals surface area contributed by atoms with E-state index in [-0.39, 0.29) is 12.7 Å². The van der Waals surface area contributed by atoms with Gasteiger partial charge in [0.1, 0.15) is 0 Å². The van der Waals surface area contributed by atoms with Gasteiger partial charge in [-0.05, 0) is 35.7 Å². The SMILES string of the molecule is COC(=O)c1cncc2c1CCN(C(=O)c1ccc3c(c1)OCO3)C2. The van der Waals surface area contributed by atoms with E-state index in [1.165, 1.54) is 13.3 Å². The summed E-state index contributed by atoms with van der Waals surface area (Å²) >= 11 is 0.